The van der Waals surface area contributed by atoms with Crippen LogP contribution >= 0.6 is 11.6 Å². The van der Waals surface area contributed by atoms with E-state index in [4.69, 9.17) is 25.5 Å². The number of anilines is 2. The van der Waals surface area contributed by atoms with Gasteiger partial charge in [0.05, 0.1) is 19.3 Å². The molecule has 11 heteroatoms. The highest BCUT2D eigenvalue weighted by atomic mass is 35.5. The Morgan fingerprint density at radius 3 is 2.88 bits per heavy atom. The van der Waals surface area contributed by atoms with Crippen molar-refractivity contribution in [1.29, 1.82) is 0 Å². The summed E-state index contributed by atoms with van der Waals surface area (Å²) in [7, 11) is 0. The van der Waals surface area contributed by atoms with Crippen molar-refractivity contribution in [3.63, 3.8) is 0 Å². The van der Waals surface area contributed by atoms with Gasteiger partial charge in [0.1, 0.15) is 6.04 Å². The average molecular weight is 493 g/mol. The number of piperazine rings is 1. The first-order valence-electron chi connectivity index (χ1n) is 11.7. The van der Waals surface area contributed by atoms with E-state index in [2.05, 4.69) is 25.7 Å². The van der Waals surface area contributed by atoms with Crippen LogP contribution in [0.25, 0.3) is 0 Å². The van der Waals surface area contributed by atoms with Crippen molar-refractivity contribution < 1.29 is 18.7 Å². The van der Waals surface area contributed by atoms with E-state index in [9.17, 15) is 4.79 Å². The van der Waals surface area contributed by atoms with Gasteiger partial charge < -0.3 is 29.4 Å². The maximum atomic E-state index is 12.3. The fourth-order valence-electron chi connectivity index (χ4n) is 4.25. The number of carbonyl (C=O) groups excluding carboxylic acids is 1. The van der Waals surface area contributed by atoms with Crippen LogP contribution in [0.4, 0.5) is 16.5 Å². The highest BCUT2D eigenvalue weighted by molar-refractivity contribution is 6.31. The number of hydrogen-bond acceptors (Lipinski definition) is 9. The lowest BCUT2D eigenvalue weighted by atomic mass is 10.0. The fourth-order valence-corrected chi connectivity index (χ4v) is 4.49. The summed E-state index contributed by atoms with van der Waals surface area (Å²) in [6, 6.07) is 4.10. The van der Waals surface area contributed by atoms with E-state index >= 15 is 0 Å². The van der Waals surface area contributed by atoms with Gasteiger partial charge >= 0.3 is 12.1 Å². The lowest BCUT2D eigenvalue weighted by molar-refractivity contribution is 0.0349. The summed E-state index contributed by atoms with van der Waals surface area (Å²) in [4.78, 5) is 16.5. The van der Waals surface area contributed by atoms with Crippen molar-refractivity contribution in [2.75, 3.05) is 44.7 Å². The molecule has 0 spiro atoms. The van der Waals surface area contributed by atoms with Crippen molar-refractivity contribution in [2.45, 2.75) is 52.4 Å². The molecule has 1 amide bonds. The van der Waals surface area contributed by atoms with Crippen LogP contribution < -0.4 is 10.6 Å². The van der Waals surface area contributed by atoms with Gasteiger partial charge in [0.25, 0.3) is 0 Å². The molecule has 0 aliphatic carbocycles. The van der Waals surface area contributed by atoms with Crippen LogP contribution in [0.5, 0.6) is 0 Å². The summed E-state index contributed by atoms with van der Waals surface area (Å²) >= 11 is 6.45. The van der Waals surface area contributed by atoms with Gasteiger partial charge in [0, 0.05) is 49.5 Å². The number of aromatic nitrogens is 2. The van der Waals surface area contributed by atoms with Gasteiger partial charge in [-0.1, -0.05) is 16.7 Å². The van der Waals surface area contributed by atoms with E-state index < -0.39 is 0 Å². The number of morpholine rings is 1. The van der Waals surface area contributed by atoms with E-state index in [1.807, 2.05) is 39.8 Å². The minimum atomic E-state index is -0.249. The van der Waals surface area contributed by atoms with Crippen LogP contribution in [-0.4, -0.2) is 77.6 Å². The Morgan fingerprint density at radius 2 is 2.18 bits per heavy atom. The molecule has 186 valence electrons. The number of hydrogen-bond donors (Lipinski definition) is 2. The van der Waals surface area contributed by atoms with Crippen LogP contribution in [0, 0.1) is 6.92 Å². The Balaban J connectivity index is 1.41. The van der Waals surface area contributed by atoms with Gasteiger partial charge in [-0.15, -0.1) is 5.10 Å². The smallest absolute Gasteiger partial charge is 0.410 e. The Kier molecular flexibility index (Phi) is 7.92. The highest BCUT2D eigenvalue weighted by Crippen LogP contribution is 2.29. The Hall–Kier alpha value is -2.40. The molecule has 1 aromatic heterocycles. The maximum Gasteiger partial charge on any atom is 0.410 e. The number of nitrogens with zero attached hydrogens (tertiary/aromatic N) is 4. The van der Waals surface area contributed by atoms with Gasteiger partial charge in [-0.25, -0.2) is 4.79 Å². The van der Waals surface area contributed by atoms with E-state index in [0.717, 1.165) is 43.0 Å². The quantitative estimate of drug-likeness (QED) is 0.626. The first kappa shape index (κ1) is 24.7. The maximum absolute atomic E-state index is 12.3. The Bertz CT molecular complexity index is 994. The lowest BCUT2D eigenvalue weighted by Crippen LogP contribution is -2.54. The number of benzene rings is 1. The molecule has 10 nitrogen and oxygen atoms in total. The molecule has 0 radical (unpaired) electrons. The third-order valence-electron chi connectivity index (χ3n) is 6.06. The zero-order valence-corrected chi connectivity index (χ0v) is 20.9. The minimum Gasteiger partial charge on any atom is -0.447 e. The molecule has 2 atom stereocenters. The van der Waals surface area contributed by atoms with Gasteiger partial charge in [-0.2, -0.15) is 0 Å². The van der Waals surface area contributed by atoms with Gasteiger partial charge in [-0.05, 0) is 51.0 Å². The van der Waals surface area contributed by atoms with E-state index in [1.54, 1.807) is 4.90 Å². The number of halogens is 1. The van der Waals surface area contributed by atoms with Crippen molar-refractivity contribution in [1.82, 2.24) is 25.3 Å². The molecule has 2 aliphatic rings. The molecule has 2 aliphatic heterocycles. The van der Waals surface area contributed by atoms with Gasteiger partial charge in [0.2, 0.25) is 5.89 Å². The van der Waals surface area contributed by atoms with Crippen LogP contribution in [0.15, 0.2) is 16.5 Å². The largest absolute Gasteiger partial charge is 0.447 e. The predicted octanol–water partition coefficient (Wildman–Crippen LogP) is 3.49. The molecule has 1 unspecified atom stereocenters. The van der Waals surface area contributed by atoms with Crippen molar-refractivity contribution >= 4 is 29.4 Å². The van der Waals surface area contributed by atoms with Gasteiger partial charge in [-0.3, -0.25) is 4.90 Å². The normalized spacial score (nSPS) is 21.6. The third kappa shape index (κ3) is 5.99. The van der Waals surface area contributed by atoms with Crippen LogP contribution in [0.2, 0.25) is 5.02 Å². The summed E-state index contributed by atoms with van der Waals surface area (Å²) in [6.07, 6.45) is -0.374. The summed E-state index contributed by atoms with van der Waals surface area (Å²) in [5.74, 6) is 0.491. The van der Waals surface area contributed by atoms with Crippen molar-refractivity contribution in [3.8, 4) is 0 Å². The second-order valence-electron chi connectivity index (χ2n) is 9.10. The number of nitrogens with one attached hydrogen (secondary N) is 2. The zero-order chi connectivity index (χ0) is 24.2. The molecule has 1 aromatic carbocycles. The van der Waals surface area contributed by atoms with Crippen molar-refractivity contribution in [3.05, 3.63) is 34.2 Å². The highest BCUT2D eigenvalue weighted by Gasteiger charge is 2.29. The summed E-state index contributed by atoms with van der Waals surface area (Å²) in [6.45, 7) is 12.6. The number of carbonyl (C=O) groups is 1. The molecule has 2 fully saturated rings. The predicted molar refractivity (Wildman–Crippen MR) is 128 cm³/mol. The molecule has 3 heterocycles. The van der Waals surface area contributed by atoms with Gasteiger partial charge in [0.15, 0.2) is 0 Å². The molecule has 2 N–H and O–H groups in total. The first-order chi connectivity index (χ1) is 16.3. The molecule has 0 bridgehead atoms. The second-order valence-corrected chi connectivity index (χ2v) is 9.54. The first-order valence-corrected chi connectivity index (χ1v) is 12.1. The number of rotatable bonds is 6. The standard InChI is InChI=1S/C23H33ClN6O4/c1-14(2)33-23(31)30-7-6-29(11-15(30)3)12-17-9-18(24)10-19(16(17)4)26-22-28-27-21(34-22)20-13-32-8-5-25-20/h9-10,14-15,20,25H,5-8,11-13H2,1-4H3,(H,26,28)/t15-,20?/m0/s1. The summed E-state index contributed by atoms with van der Waals surface area (Å²) < 4.78 is 16.7. The molecule has 2 saturated heterocycles. The molecule has 4 rings (SSSR count). The second kappa shape index (κ2) is 10.9. The lowest BCUT2D eigenvalue weighted by Gasteiger charge is -2.39. The van der Waals surface area contributed by atoms with E-state index in [0.29, 0.717) is 36.7 Å². The Morgan fingerprint density at radius 1 is 1.35 bits per heavy atom. The molecule has 0 saturated carbocycles. The van der Waals surface area contributed by atoms with Crippen molar-refractivity contribution in [2.24, 2.45) is 0 Å². The third-order valence-corrected chi connectivity index (χ3v) is 6.28. The minimum absolute atomic E-state index is 0.0614. The van der Waals surface area contributed by atoms with Crippen LogP contribution in [-0.2, 0) is 16.0 Å². The van der Waals surface area contributed by atoms with E-state index in [-0.39, 0.29) is 24.3 Å². The fraction of sp³-hybridized carbons (Fsp3) is 0.609. The Labute approximate surface area is 204 Å². The molecular formula is C23H33ClN6O4. The van der Waals surface area contributed by atoms with Crippen LogP contribution in [0.3, 0.4) is 0 Å². The number of ether oxygens (including phenoxy) is 2. The monoisotopic (exact) mass is 492 g/mol. The average Bonchev–Trinajstić information content (AvgIpc) is 3.25. The zero-order valence-electron chi connectivity index (χ0n) is 20.1. The molecule has 34 heavy (non-hydrogen) atoms. The van der Waals surface area contributed by atoms with E-state index in [1.165, 1.54) is 0 Å². The number of amides is 1. The summed E-state index contributed by atoms with van der Waals surface area (Å²) in [5, 5.41) is 15.4. The molecule has 2 aromatic rings. The summed E-state index contributed by atoms with van der Waals surface area (Å²) in [5.41, 5.74) is 2.97. The SMILES string of the molecule is Cc1c(CN2CCN(C(=O)OC(C)C)[C@@H](C)C2)cc(Cl)cc1Nc1nnc(C2COCCN2)o1. The van der Waals surface area contributed by atoms with Crippen LogP contribution in [0.1, 0.15) is 43.8 Å². The molecular weight excluding hydrogens is 460 g/mol. The topological polar surface area (TPSA) is 105 Å².